The second-order valence-electron chi connectivity index (χ2n) is 7.26. The van der Waals surface area contributed by atoms with E-state index in [-0.39, 0.29) is 5.97 Å². The highest BCUT2D eigenvalue weighted by atomic mass is 16.5. The smallest absolute Gasteiger partial charge is 0.342 e. The Morgan fingerprint density at radius 2 is 1.54 bits per heavy atom. The number of unbranched alkanes of at least 4 members (excludes halogenated alkanes) is 7. The summed E-state index contributed by atoms with van der Waals surface area (Å²) < 4.78 is 5.25. The number of hydrogen-bond donors (Lipinski definition) is 0. The van der Waals surface area contributed by atoms with Gasteiger partial charge in [-0.2, -0.15) is 0 Å². The average Bonchev–Trinajstić information content (AvgIpc) is 2.70. The van der Waals surface area contributed by atoms with E-state index in [1.165, 1.54) is 44.9 Å². The molecule has 0 aliphatic heterocycles. The van der Waals surface area contributed by atoms with Gasteiger partial charge in [-0.15, -0.1) is 0 Å². The number of ether oxygens (including phenoxy) is 1. The monoisotopic (exact) mass is 382 g/mol. The molecule has 0 atom stereocenters. The minimum atomic E-state index is -0.350. The summed E-state index contributed by atoms with van der Waals surface area (Å²) in [5.41, 5.74) is 2.78. The van der Waals surface area contributed by atoms with Gasteiger partial charge in [0.05, 0.1) is 18.0 Å². The second-order valence-corrected chi connectivity index (χ2v) is 7.26. The molecule has 0 aliphatic carbocycles. The fraction of sp³-hybridized carbons (Fsp3) is 0.542. The quantitative estimate of drug-likeness (QED) is 0.319. The first-order valence-corrected chi connectivity index (χ1v) is 10.8. The minimum Gasteiger partial charge on any atom is -0.462 e. The van der Waals surface area contributed by atoms with E-state index < -0.39 is 0 Å². The number of carbonyl (C=O) groups excluding carboxylic acids is 1. The van der Waals surface area contributed by atoms with Gasteiger partial charge in [0, 0.05) is 12.0 Å². The third-order valence-electron chi connectivity index (χ3n) is 4.92. The van der Waals surface area contributed by atoms with Crippen LogP contribution in [0.4, 0.5) is 0 Å². The van der Waals surface area contributed by atoms with Gasteiger partial charge in [-0.1, -0.05) is 82.2 Å². The lowest BCUT2D eigenvalue weighted by Gasteiger charge is -2.13. The highest BCUT2D eigenvalue weighted by Crippen LogP contribution is 2.25. The molecule has 0 radical (unpaired) electrons. The number of aromatic nitrogens is 2. The van der Waals surface area contributed by atoms with Crippen LogP contribution in [-0.2, 0) is 11.2 Å². The summed E-state index contributed by atoms with van der Waals surface area (Å²) in [5, 5.41) is 0. The van der Waals surface area contributed by atoms with Gasteiger partial charge in [0.2, 0.25) is 0 Å². The summed E-state index contributed by atoms with van der Waals surface area (Å²) in [6, 6.07) is 9.83. The molecule has 0 saturated carbocycles. The summed E-state index contributed by atoms with van der Waals surface area (Å²) in [4.78, 5) is 21.8. The zero-order chi connectivity index (χ0) is 20.2. The van der Waals surface area contributed by atoms with Gasteiger partial charge in [-0.05, 0) is 20.3 Å². The number of rotatable bonds is 12. The Bertz CT molecular complexity index is 729. The molecule has 4 heteroatoms. The van der Waals surface area contributed by atoms with E-state index in [1.807, 2.05) is 44.2 Å². The van der Waals surface area contributed by atoms with E-state index in [0.29, 0.717) is 23.6 Å². The van der Waals surface area contributed by atoms with Crippen molar-refractivity contribution in [1.82, 2.24) is 9.97 Å². The van der Waals surface area contributed by atoms with E-state index in [0.717, 1.165) is 24.2 Å². The van der Waals surface area contributed by atoms with Gasteiger partial charge in [0.15, 0.2) is 0 Å². The topological polar surface area (TPSA) is 52.1 Å². The van der Waals surface area contributed by atoms with Crippen LogP contribution in [0.5, 0.6) is 0 Å². The van der Waals surface area contributed by atoms with Crippen molar-refractivity contribution in [3.8, 4) is 11.3 Å². The number of esters is 1. The maximum Gasteiger partial charge on any atom is 0.342 e. The summed E-state index contributed by atoms with van der Waals surface area (Å²) in [5.74, 6) is 0.466. The van der Waals surface area contributed by atoms with E-state index >= 15 is 0 Å². The normalized spacial score (nSPS) is 10.8. The van der Waals surface area contributed by atoms with Crippen molar-refractivity contribution < 1.29 is 9.53 Å². The maximum absolute atomic E-state index is 12.5. The molecule has 1 aromatic carbocycles. The fourth-order valence-corrected chi connectivity index (χ4v) is 3.41. The molecular weight excluding hydrogens is 348 g/mol. The van der Waals surface area contributed by atoms with Crippen LogP contribution in [0, 0.1) is 6.92 Å². The van der Waals surface area contributed by atoms with Crippen LogP contribution < -0.4 is 0 Å². The lowest BCUT2D eigenvalue weighted by Crippen LogP contribution is -2.13. The molecule has 0 unspecified atom stereocenters. The third-order valence-corrected chi connectivity index (χ3v) is 4.92. The van der Waals surface area contributed by atoms with E-state index in [1.54, 1.807) is 0 Å². The average molecular weight is 383 g/mol. The maximum atomic E-state index is 12.5. The molecule has 0 amide bonds. The first-order chi connectivity index (χ1) is 13.7. The first kappa shape index (κ1) is 22.1. The van der Waals surface area contributed by atoms with Crippen molar-refractivity contribution in [2.45, 2.75) is 78.6 Å². The molecule has 1 aromatic heterocycles. The molecule has 2 rings (SSSR count). The molecule has 28 heavy (non-hydrogen) atoms. The molecule has 0 fully saturated rings. The van der Waals surface area contributed by atoms with Crippen molar-refractivity contribution >= 4 is 5.97 Å². The van der Waals surface area contributed by atoms with Crippen molar-refractivity contribution in [2.75, 3.05) is 6.61 Å². The molecule has 0 saturated heterocycles. The third kappa shape index (κ3) is 6.74. The highest BCUT2D eigenvalue weighted by molar-refractivity contribution is 5.97. The van der Waals surface area contributed by atoms with Crippen molar-refractivity contribution in [3.05, 3.63) is 47.4 Å². The van der Waals surface area contributed by atoms with Gasteiger partial charge >= 0.3 is 5.97 Å². The predicted octanol–water partition coefficient (Wildman–Crippen LogP) is 6.31. The molecule has 0 aliphatic rings. The van der Waals surface area contributed by atoms with Crippen LogP contribution in [0.2, 0.25) is 0 Å². The van der Waals surface area contributed by atoms with Gasteiger partial charge in [-0.3, -0.25) is 0 Å². The zero-order valence-electron chi connectivity index (χ0n) is 17.7. The first-order valence-electron chi connectivity index (χ1n) is 10.8. The summed E-state index contributed by atoms with van der Waals surface area (Å²) in [7, 11) is 0. The lowest BCUT2D eigenvalue weighted by molar-refractivity contribution is 0.0525. The minimum absolute atomic E-state index is 0.340. The number of aryl methyl sites for hydroxylation is 2. The standard InChI is InChI=1S/C24H34N2O2/c1-4-6-7-8-9-10-11-15-18-21-25-19(3)22(24(27)28-5-2)23(26-21)20-16-13-12-14-17-20/h12-14,16-17H,4-11,15,18H2,1-3H3. The fourth-order valence-electron chi connectivity index (χ4n) is 3.41. The Kier molecular flexibility index (Phi) is 9.67. The van der Waals surface area contributed by atoms with Crippen LogP contribution in [0.3, 0.4) is 0 Å². The molecular formula is C24H34N2O2. The number of carbonyl (C=O) groups is 1. The molecule has 0 bridgehead atoms. The van der Waals surface area contributed by atoms with Crippen LogP contribution in [0.25, 0.3) is 11.3 Å². The highest BCUT2D eigenvalue weighted by Gasteiger charge is 2.20. The van der Waals surface area contributed by atoms with Crippen LogP contribution in [-0.4, -0.2) is 22.5 Å². The van der Waals surface area contributed by atoms with E-state index in [4.69, 9.17) is 9.72 Å². The SMILES string of the molecule is CCCCCCCCCCc1nc(C)c(C(=O)OCC)c(-c2ccccc2)n1. The van der Waals surface area contributed by atoms with Crippen LogP contribution >= 0.6 is 0 Å². The van der Waals surface area contributed by atoms with Crippen molar-refractivity contribution in [3.63, 3.8) is 0 Å². The summed E-state index contributed by atoms with van der Waals surface area (Å²) >= 11 is 0. The molecule has 152 valence electrons. The molecule has 0 N–H and O–H groups in total. The Balaban J connectivity index is 2.06. The molecule has 1 heterocycles. The van der Waals surface area contributed by atoms with E-state index in [9.17, 15) is 4.79 Å². The Hall–Kier alpha value is -2.23. The van der Waals surface area contributed by atoms with Crippen molar-refractivity contribution in [2.24, 2.45) is 0 Å². The van der Waals surface area contributed by atoms with Gasteiger partial charge in [0.1, 0.15) is 11.4 Å². The van der Waals surface area contributed by atoms with Gasteiger partial charge in [0.25, 0.3) is 0 Å². The molecule has 4 nitrogen and oxygen atoms in total. The largest absolute Gasteiger partial charge is 0.462 e. The molecule has 0 spiro atoms. The number of benzene rings is 1. The van der Waals surface area contributed by atoms with Gasteiger partial charge < -0.3 is 4.74 Å². The second kappa shape index (κ2) is 12.3. The van der Waals surface area contributed by atoms with Crippen LogP contribution in [0.15, 0.2) is 30.3 Å². The van der Waals surface area contributed by atoms with Crippen molar-refractivity contribution in [1.29, 1.82) is 0 Å². The van der Waals surface area contributed by atoms with Crippen LogP contribution in [0.1, 0.15) is 87.1 Å². The number of nitrogens with zero attached hydrogens (tertiary/aromatic N) is 2. The summed E-state index contributed by atoms with van der Waals surface area (Å²) in [6.07, 6.45) is 11.1. The van der Waals surface area contributed by atoms with E-state index in [2.05, 4.69) is 11.9 Å². The number of hydrogen-bond acceptors (Lipinski definition) is 4. The van der Waals surface area contributed by atoms with Gasteiger partial charge in [-0.25, -0.2) is 14.8 Å². The predicted molar refractivity (Wildman–Crippen MR) is 114 cm³/mol. The zero-order valence-corrected chi connectivity index (χ0v) is 17.7. The summed E-state index contributed by atoms with van der Waals surface area (Å²) in [6.45, 7) is 6.27. The molecule has 2 aromatic rings. The Morgan fingerprint density at radius 3 is 2.18 bits per heavy atom. The Labute approximate surface area is 169 Å². The lowest BCUT2D eigenvalue weighted by atomic mass is 10.0. The Morgan fingerprint density at radius 1 is 0.893 bits per heavy atom.